The zero-order valence-electron chi connectivity index (χ0n) is 9.86. The van der Waals surface area contributed by atoms with E-state index in [1.807, 2.05) is 6.07 Å². The maximum absolute atomic E-state index is 13.6. The first-order valence-electron chi connectivity index (χ1n) is 5.46. The molecule has 0 aromatic heterocycles. The predicted octanol–water partition coefficient (Wildman–Crippen LogP) is 3.00. The number of nitrogens with two attached hydrogens (primary N) is 1. The Morgan fingerprint density at radius 3 is 2.53 bits per heavy atom. The zero-order valence-corrected chi connectivity index (χ0v) is 9.86. The van der Waals surface area contributed by atoms with Crippen LogP contribution in [0.15, 0.2) is 36.4 Å². The van der Waals surface area contributed by atoms with Crippen LogP contribution in [0.4, 0.5) is 14.5 Å². The summed E-state index contributed by atoms with van der Waals surface area (Å²) in [5.41, 5.74) is 6.16. The van der Waals surface area contributed by atoms with Crippen LogP contribution in [0.1, 0.15) is 11.1 Å². The summed E-state index contributed by atoms with van der Waals surface area (Å²) in [7, 11) is 0. The van der Waals surface area contributed by atoms with Gasteiger partial charge in [0.25, 0.3) is 0 Å². The van der Waals surface area contributed by atoms with Crippen molar-refractivity contribution in [2.75, 3.05) is 5.73 Å². The first-order valence-corrected chi connectivity index (χ1v) is 5.46. The molecule has 3 nitrogen and oxygen atoms in total. The lowest BCUT2D eigenvalue weighted by molar-refractivity contribution is 0.285. The van der Waals surface area contributed by atoms with Crippen molar-refractivity contribution in [1.82, 2.24) is 0 Å². The Morgan fingerprint density at radius 2 is 1.89 bits per heavy atom. The van der Waals surface area contributed by atoms with Crippen LogP contribution in [0.2, 0.25) is 0 Å². The number of nitrogens with zero attached hydrogens (tertiary/aromatic N) is 1. The van der Waals surface area contributed by atoms with Gasteiger partial charge in [-0.3, -0.25) is 0 Å². The van der Waals surface area contributed by atoms with E-state index in [0.29, 0.717) is 0 Å². The van der Waals surface area contributed by atoms with Crippen molar-refractivity contribution in [3.05, 3.63) is 59.2 Å². The molecule has 2 aromatic rings. The summed E-state index contributed by atoms with van der Waals surface area (Å²) in [6, 6.07) is 9.85. The monoisotopic (exact) mass is 260 g/mol. The van der Waals surface area contributed by atoms with E-state index in [0.717, 1.165) is 12.1 Å². The number of nitrogen functional groups attached to an aromatic ring is 1. The summed E-state index contributed by atoms with van der Waals surface area (Å²) in [4.78, 5) is 0. The van der Waals surface area contributed by atoms with Crippen molar-refractivity contribution in [1.29, 1.82) is 5.26 Å². The van der Waals surface area contributed by atoms with E-state index in [2.05, 4.69) is 0 Å². The van der Waals surface area contributed by atoms with Crippen LogP contribution in [-0.2, 0) is 6.61 Å². The summed E-state index contributed by atoms with van der Waals surface area (Å²) in [6.45, 7) is -0.127. The summed E-state index contributed by atoms with van der Waals surface area (Å²) < 4.78 is 32.2. The van der Waals surface area contributed by atoms with Crippen LogP contribution in [0.25, 0.3) is 0 Å². The van der Waals surface area contributed by atoms with Crippen molar-refractivity contribution in [2.24, 2.45) is 0 Å². The molecule has 0 heterocycles. The lowest BCUT2D eigenvalue weighted by atomic mass is 10.1. The normalized spacial score (nSPS) is 9.95. The SMILES string of the molecule is N#Cc1ccc(COc2ccc(N)cc2F)c(F)c1. The van der Waals surface area contributed by atoms with Crippen molar-refractivity contribution < 1.29 is 13.5 Å². The highest BCUT2D eigenvalue weighted by Crippen LogP contribution is 2.21. The molecule has 0 saturated carbocycles. The summed E-state index contributed by atoms with van der Waals surface area (Å²) in [5.74, 6) is -1.16. The predicted molar refractivity (Wildman–Crippen MR) is 66.3 cm³/mol. The number of halogens is 2. The van der Waals surface area contributed by atoms with Crippen LogP contribution >= 0.6 is 0 Å². The van der Waals surface area contributed by atoms with Gasteiger partial charge in [-0.05, 0) is 24.3 Å². The van der Waals surface area contributed by atoms with Gasteiger partial charge < -0.3 is 10.5 Å². The number of rotatable bonds is 3. The minimum Gasteiger partial charge on any atom is -0.486 e. The first-order chi connectivity index (χ1) is 9.10. The average Bonchev–Trinajstić information content (AvgIpc) is 2.39. The van der Waals surface area contributed by atoms with E-state index in [1.54, 1.807) is 0 Å². The largest absolute Gasteiger partial charge is 0.486 e. The Balaban J connectivity index is 2.13. The van der Waals surface area contributed by atoms with Gasteiger partial charge in [-0.2, -0.15) is 5.26 Å². The maximum atomic E-state index is 13.6. The van der Waals surface area contributed by atoms with Gasteiger partial charge in [0.1, 0.15) is 12.4 Å². The second-order valence-electron chi connectivity index (χ2n) is 3.90. The fourth-order valence-electron chi connectivity index (χ4n) is 1.52. The van der Waals surface area contributed by atoms with Gasteiger partial charge in [0.2, 0.25) is 0 Å². The van der Waals surface area contributed by atoms with E-state index >= 15 is 0 Å². The van der Waals surface area contributed by atoms with E-state index in [1.165, 1.54) is 24.3 Å². The molecule has 5 heteroatoms. The van der Waals surface area contributed by atoms with E-state index in [-0.39, 0.29) is 29.2 Å². The Bertz CT molecular complexity index is 650. The maximum Gasteiger partial charge on any atom is 0.167 e. The Morgan fingerprint density at radius 1 is 1.11 bits per heavy atom. The number of hydrogen-bond acceptors (Lipinski definition) is 3. The summed E-state index contributed by atoms with van der Waals surface area (Å²) in [6.07, 6.45) is 0. The fourth-order valence-corrected chi connectivity index (χ4v) is 1.52. The summed E-state index contributed by atoms with van der Waals surface area (Å²) in [5, 5.41) is 8.61. The molecule has 0 aliphatic carbocycles. The standard InChI is InChI=1S/C14H10F2N2O/c15-12-5-9(7-17)1-2-10(12)8-19-14-4-3-11(18)6-13(14)16/h1-6H,8,18H2. The van der Waals surface area contributed by atoms with Crippen LogP contribution in [0.3, 0.4) is 0 Å². The molecule has 96 valence electrons. The number of ether oxygens (including phenoxy) is 1. The molecule has 0 unspecified atom stereocenters. The highest BCUT2D eigenvalue weighted by atomic mass is 19.1. The van der Waals surface area contributed by atoms with Gasteiger partial charge in [-0.15, -0.1) is 0 Å². The molecule has 0 amide bonds. The molecule has 2 rings (SSSR count). The first kappa shape index (κ1) is 12.8. The molecule has 0 aliphatic heterocycles. The third kappa shape index (κ3) is 2.99. The second kappa shape index (κ2) is 5.36. The van der Waals surface area contributed by atoms with E-state index in [9.17, 15) is 8.78 Å². The molecule has 0 spiro atoms. The number of nitriles is 1. The van der Waals surface area contributed by atoms with Crippen LogP contribution < -0.4 is 10.5 Å². The van der Waals surface area contributed by atoms with Crippen molar-refractivity contribution in [3.63, 3.8) is 0 Å². The Kier molecular flexibility index (Phi) is 3.62. The smallest absolute Gasteiger partial charge is 0.167 e. The Labute approximate surface area is 108 Å². The van der Waals surface area contributed by atoms with Gasteiger partial charge in [-0.25, -0.2) is 8.78 Å². The number of hydrogen-bond donors (Lipinski definition) is 1. The molecule has 0 atom stereocenters. The fraction of sp³-hybridized carbons (Fsp3) is 0.0714. The molecule has 0 bridgehead atoms. The number of benzene rings is 2. The topological polar surface area (TPSA) is 59.0 Å². The van der Waals surface area contributed by atoms with Crippen molar-refractivity contribution in [3.8, 4) is 11.8 Å². The molecule has 19 heavy (non-hydrogen) atoms. The van der Waals surface area contributed by atoms with Crippen LogP contribution in [0.5, 0.6) is 5.75 Å². The summed E-state index contributed by atoms with van der Waals surface area (Å²) >= 11 is 0. The second-order valence-corrected chi connectivity index (χ2v) is 3.90. The van der Waals surface area contributed by atoms with Gasteiger partial charge in [-0.1, -0.05) is 6.07 Å². The van der Waals surface area contributed by atoms with E-state index in [4.69, 9.17) is 15.7 Å². The molecule has 2 N–H and O–H groups in total. The molecular weight excluding hydrogens is 250 g/mol. The van der Waals surface area contributed by atoms with Gasteiger partial charge in [0.05, 0.1) is 11.6 Å². The van der Waals surface area contributed by atoms with Crippen molar-refractivity contribution in [2.45, 2.75) is 6.61 Å². The number of anilines is 1. The van der Waals surface area contributed by atoms with Crippen LogP contribution in [-0.4, -0.2) is 0 Å². The van der Waals surface area contributed by atoms with E-state index < -0.39 is 11.6 Å². The third-order valence-corrected chi connectivity index (χ3v) is 2.52. The van der Waals surface area contributed by atoms with Gasteiger partial charge >= 0.3 is 0 Å². The molecule has 0 saturated heterocycles. The molecular formula is C14H10F2N2O. The molecule has 0 aliphatic rings. The molecule has 0 fully saturated rings. The van der Waals surface area contributed by atoms with Crippen molar-refractivity contribution >= 4 is 5.69 Å². The highest BCUT2D eigenvalue weighted by molar-refractivity contribution is 5.43. The quantitative estimate of drug-likeness (QED) is 0.863. The lowest BCUT2D eigenvalue weighted by Crippen LogP contribution is -2.01. The minimum atomic E-state index is -0.603. The van der Waals surface area contributed by atoms with Gasteiger partial charge in [0.15, 0.2) is 11.6 Å². The molecule has 2 aromatic carbocycles. The van der Waals surface area contributed by atoms with Gasteiger partial charge in [0, 0.05) is 17.3 Å². The van der Waals surface area contributed by atoms with Crippen LogP contribution in [0, 0.1) is 23.0 Å². The highest BCUT2D eigenvalue weighted by Gasteiger charge is 2.07. The average molecular weight is 260 g/mol. The lowest BCUT2D eigenvalue weighted by Gasteiger charge is -2.08. The molecule has 0 radical (unpaired) electrons. The third-order valence-electron chi connectivity index (χ3n) is 2.52. The minimum absolute atomic E-state index is 0.00189. The Hall–Kier alpha value is -2.61. The zero-order chi connectivity index (χ0) is 13.8.